The van der Waals surface area contributed by atoms with Gasteiger partial charge in [-0.3, -0.25) is 4.79 Å². The molecule has 1 aliphatic heterocycles. The Labute approximate surface area is 140 Å². The SMILES string of the molecule is O=C(NCc1ccc(-c2nc3ccccc3[nH]2)cc1)[C@H]1CCCO1. The van der Waals surface area contributed by atoms with Crippen LogP contribution in [0.15, 0.2) is 48.5 Å². The van der Waals surface area contributed by atoms with Crippen molar-refractivity contribution < 1.29 is 9.53 Å². The maximum Gasteiger partial charge on any atom is 0.249 e. The number of para-hydroxylation sites is 2. The van der Waals surface area contributed by atoms with Gasteiger partial charge in [-0.05, 0) is 30.5 Å². The van der Waals surface area contributed by atoms with Crippen molar-refractivity contribution in [2.45, 2.75) is 25.5 Å². The van der Waals surface area contributed by atoms with Crippen molar-refractivity contribution in [3.8, 4) is 11.4 Å². The summed E-state index contributed by atoms with van der Waals surface area (Å²) < 4.78 is 5.38. The number of hydrogen-bond donors (Lipinski definition) is 2. The average Bonchev–Trinajstić information content (AvgIpc) is 3.29. The van der Waals surface area contributed by atoms with E-state index in [9.17, 15) is 4.79 Å². The van der Waals surface area contributed by atoms with Crippen LogP contribution in [0, 0.1) is 0 Å². The molecule has 0 spiro atoms. The fourth-order valence-electron chi connectivity index (χ4n) is 2.96. The molecule has 2 aromatic carbocycles. The minimum atomic E-state index is -0.278. The Hall–Kier alpha value is -2.66. The topological polar surface area (TPSA) is 67.0 Å². The second kappa shape index (κ2) is 6.45. The van der Waals surface area contributed by atoms with Crippen molar-refractivity contribution in [1.29, 1.82) is 0 Å². The van der Waals surface area contributed by atoms with Crippen molar-refractivity contribution in [1.82, 2.24) is 15.3 Å². The highest BCUT2D eigenvalue weighted by molar-refractivity contribution is 5.81. The Morgan fingerprint density at radius 1 is 1.21 bits per heavy atom. The van der Waals surface area contributed by atoms with Crippen molar-refractivity contribution in [2.24, 2.45) is 0 Å². The second-order valence-corrected chi connectivity index (χ2v) is 6.02. The molecule has 2 N–H and O–H groups in total. The van der Waals surface area contributed by atoms with Crippen LogP contribution in [0.3, 0.4) is 0 Å². The number of fused-ring (bicyclic) bond motifs is 1. The number of benzene rings is 2. The van der Waals surface area contributed by atoms with Gasteiger partial charge in [0.15, 0.2) is 0 Å². The highest BCUT2D eigenvalue weighted by atomic mass is 16.5. The fourth-order valence-corrected chi connectivity index (χ4v) is 2.96. The van der Waals surface area contributed by atoms with Crippen molar-refractivity contribution in [3.05, 3.63) is 54.1 Å². The van der Waals surface area contributed by atoms with Crippen LogP contribution in [0.4, 0.5) is 0 Å². The first-order valence-electron chi connectivity index (χ1n) is 8.23. The Bertz CT molecular complexity index is 815. The summed E-state index contributed by atoms with van der Waals surface area (Å²) in [6.07, 6.45) is 1.50. The van der Waals surface area contributed by atoms with E-state index in [0.717, 1.165) is 40.8 Å². The molecule has 1 amide bonds. The third-order valence-corrected chi connectivity index (χ3v) is 4.31. The second-order valence-electron chi connectivity index (χ2n) is 6.02. The summed E-state index contributed by atoms with van der Waals surface area (Å²) in [6, 6.07) is 16.0. The van der Waals surface area contributed by atoms with E-state index >= 15 is 0 Å². The van der Waals surface area contributed by atoms with Crippen molar-refractivity contribution >= 4 is 16.9 Å². The number of carbonyl (C=O) groups excluding carboxylic acids is 1. The highest BCUT2D eigenvalue weighted by Crippen LogP contribution is 2.20. The monoisotopic (exact) mass is 321 g/mol. The molecule has 1 fully saturated rings. The molecule has 122 valence electrons. The zero-order valence-corrected chi connectivity index (χ0v) is 13.3. The van der Waals surface area contributed by atoms with Crippen LogP contribution < -0.4 is 5.32 Å². The number of ether oxygens (including phenoxy) is 1. The molecule has 24 heavy (non-hydrogen) atoms. The maximum absolute atomic E-state index is 12.0. The minimum absolute atomic E-state index is 0.0196. The van der Waals surface area contributed by atoms with Gasteiger partial charge < -0.3 is 15.0 Å². The van der Waals surface area contributed by atoms with Gasteiger partial charge in [-0.25, -0.2) is 4.98 Å². The van der Waals surface area contributed by atoms with Gasteiger partial charge in [0.2, 0.25) is 5.91 Å². The lowest BCUT2D eigenvalue weighted by Crippen LogP contribution is -2.33. The van der Waals surface area contributed by atoms with Gasteiger partial charge in [0.1, 0.15) is 11.9 Å². The quantitative estimate of drug-likeness (QED) is 0.776. The minimum Gasteiger partial charge on any atom is -0.368 e. The normalized spacial score (nSPS) is 17.2. The Morgan fingerprint density at radius 3 is 2.79 bits per heavy atom. The standard InChI is InChI=1S/C19H19N3O2/c23-19(17-6-3-11-24-17)20-12-13-7-9-14(10-8-13)18-21-15-4-1-2-5-16(15)22-18/h1-2,4-5,7-10,17H,3,6,11-12H2,(H,20,23)(H,21,22)/t17-/m1/s1. The number of imidazole rings is 1. The summed E-state index contributed by atoms with van der Waals surface area (Å²) in [5.74, 6) is 0.833. The molecule has 1 aliphatic rings. The largest absolute Gasteiger partial charge is 0.368 e. The van der Waals surface area contributed by atoms with Gasteiger partial charge in [0.05, 0.1) is 11.0 Å². The number of H-pyrrole nitrogens is 1. The predicted molar refractivity (Wildman–Crippen MR) is 92.4 cm³/mol. The van der Waals surface area contributed by atoms with Gasteiger partial charge in [-0.15, -0.1) is 0 Å². The zero-order valence-electron chi connectivity index (χ0n) is 13.3. The number of aromatic amines is 1. The number of aromatic nitrogens is 2. The summed E-state index contributed by atoms with van der Waals surface area (Å²) in [7, 11) is 0. The number of nitrogens with one attached hydrogen (secondary N) is 2. The van der Waals surface area contributed by atoms with Gasteiger partial charge in [0.25, 0.3) is 0 Å². The fraction of sp³-hybridized carbons (Fsp3) is 0.263. The van der Waals surface area contributed by atoms with Crippen LogP contribution in [-0.4, -0.2) is 28.6 Å². The first kappa shape index (κ1) is 14.9. The first-order valence-corrected chi connectivity index (χ1v) is 8.23. The summed E-state index contributed by atoms with van der Waals surface area (Å²) in [6.45, 7) is 1.20. The average molecular weight is 321 g/mol. The number of carbonyl (C=O) groups is 1. The maximum atomic E-state index is 12.0. The molecular weight excluding hydrogens is 302 g/mol. The molecule has 0 unspecified atom stereocenters. The molecule has 0 aliphatic carbocycles. The van der Waals surface area contributed by atoms with E-state index in [0.29, 0.717) is 13.2 Å². The van der Waals surface area contributed by atoms with Crippen LogP contribution in [-0.2, 0) is 16.1 Å². The number of amides is 1. The Balaban J connectivity index is 1.43. The molecule has 1 atom stereocenters. The molecule has 1 aromatic heterocycles. The first-order chi connectivity index (χ1) is 11.8. The Kier molecular flexibility index (Phi) is 4.01. The van der Waals surface area contributed by atoms with Gasteiger partial charge >= 0.3 is 0 Å². The highest BCUT2D eigenvalue weighted by Gasteiger charge is 2.22. The van der Waals surface area contributed by atoms with E-state index in [1.807, 2.05) is 48.5 Å². The van der Waals surface area contributed by atoms with E-state index in [1.54, 1.807) is 0 Å². The molecule has 0 radical (unpaired) electrons. The van der Waals surface area contributed by atoms with Gasteiger partial charge in [0, 0.05) is 18.7 Å². The molecular formula is C19H19N3O2. The third-order valence-electron chi connectivity index (χ3n) is 4.31. The van der Waals surface area contributed by atoms with E-state index in [1.165, 1.54) is 0 Å². The van der Waals surface area contributed by atoms with Gasteiger partial charge in [-0.1, -0.05) is 36.4 Å². The lowest BCUT2D eigenvalue weighted by molar-refractivity contribution is -0.130. The predicted octanol–water partition coefficient (Wildman–Crippen LogP) is 3.03. The zero-order chi connectivity index (χ0) is 16.4. The number of hydrogen-bond acceptors (Lipinski definition) is 3. The van der Waals surface area contributed by atoms with E-state index in [-0.39, 0.29) is 12.0 Å². The van der Waals surface area contributed by atoms with Crippen LogP contribution in [0.1, 0.15) is 18.4 Å². The smallest absolute Gasteiger partial charge is 0.249 e. The number of rotatable bonds is 4. The molecule has 2 heterocycles. The molecule has 0 bridgehead atoms. The third kappa shape index (κ3) is 3.03. The van der Waals surface area contributed by atoms with E-state index in [4.69, 9.17) is 4.74 Å². The summed E-state index contributed by atoms with van der Waals surface area (Å²) in [5.41, 5.74) is 4.07. The lowest BCUT2D eigenvalue weighted by Gasteiger charge is -2.10. The van der Waals surface area contributed by atoms with Crippen molar-refractivity contribution in [3.63, 3.8) is 0 Å². The van der Waals surface area contributed by atoms with Crippen LogP contribution >= 0.6 is 0 Å². The van der Waals surface area contributed by atoms with E-state index in [2.05, 4.69) is 15.3 Å². The summed E-state index contributed by atoms with van der Waals surface area (Å²) in [5, 5.41) is 2.93. The van der Waals surface area contributed by atoms with Crippen LogP contribution in [0.5, 0.6) is 0 Å². The molecule has 4 rings (SSSR count). The van der Waals surface area contributed by atoms with Crippen molar-refractivity contribution in [2.75, 3.05) is 6.61 Å². The van der Waals surface area contributed by atoms with Crippen LogP contribution in [0.2, 0.25) is 0 Å². The number of nitrogens with zero attached hydrogens (tertiary/aromatic N) is 1. The molecule has 5 nitrogen and oxygen atoms in total. The molecule has 1 saturated heterocycles. The van der Waals surface area contributed by atoms with Gasteiger partial charge in [-0.2, -0.15) is 0 Å². The summed E-state index contributed by atoms with van der Waals surface area (Å²) >= 11 is 0. The molecule has 0 saturated carbocycles. The molecule has 5 heteroatoms. The summed E-state index contributed by atoms with van der Waals surface area (Å²) in [4.78, 5) is 19.9. The lowest BCUT2D eigenvalue weighted by atomic mass is 10.1. The van der Waals surface area contributed by atoms with Crippen LogP contribution in [0.25, 0.3) is 22.4 Å². The van der Waals surface area contributed by atoms with E-state index < -0.39 is 0 Å². The Morgan fingerprint density at radius 2 is 2.04 bits per heavy atom. The molecule has 3 aromatic rings.